The molecule has 0 radical (unpaired) electrons. The minimum absolute atomic E-state index is 0.382. The van der Waals surface area contributed by atoms with E-state index in [2.05, 4.69) is 11.5 Å². The van der Waals surface area contributed by atoms with E-state index in [0.717, 1.165) is 28.7 Å². The molecule has 3 nitrogen and oxygen atoms in total. The number of hydrogen-bond donors (Lipinski definition) is 1. The Bertz CT molecular complexity index is 772. The number of carbonyl (C=O) groups is 1. The third-order valence-corrected chi connectivity index (χ3v) is 3.58. The fourth-order valence-electron chi connectivity index (χ4n) is 2.78. The molecule has 20 heavy (non-hydrogen) atoms. The number of nitrogens with two attached hydrogens (primary N) is 1. The van der Waals surface area contributed by atoms with Gasteiger partial charge in [-0.05, 0) is 18.6 Å². The lowest BCUT2D eigenvalue weighted by Gasteiger charge is -2.09. The van der Waals surface area contributed by atoms with Crippen LogP contribution in [0.1, 0.15) is 17.3 Å². The van der Waals surface area contributed by atoms with E-state index in [4.69, 9.17) is 5.73 Å². The highest BCUT2D eigenvalue weighted by atomic mass is 16.1. The van der Waals surface area contributed by atoms with Crippen molar-refractivity contribution in [2.75, 3.05) is 0 Å². The third-order valence-electron chi connectivity index (χ3n) is 3.58. The lowest BCUT2D eigenvalue weighted by atomic mass is 10.0. The Morgan fingerprint density at radius 3 is 2.35 bits per heavy atom. The number of nitrogens with zero attached hydrogens (tertiary/aromatic N) is 1. The molecule has 100 valence electrons. The highest BCUT2D eigenvalue weighted by Gasteiger charge is 2.20. The van der Waals surface area contributed by atoms with Gasteiger partial charge in [-0.3, -0.25) is 4.79 Å². The van der Waals surface area contributed by atoms with Crippen molar-refractivity contribution >= 4 is 16.8 Å². The van der Waals surface area contributed by atoms with Crippen LogP contribution in [0.15, 0.2) is 54.6 Å². The molecule has 0 fully saturated rings. The zero-order chi connectivity index (χ0) is 14.1. The van der Waals surface area contributed by atoms with Crippen molar-refractivity contribution < 1.29 is 4.79 Å². The standard InChI is InChI=1S/C17H16N2O/c1-2-19-14-11-7-6-10-13(14)15(17(18)20)16(19)12-8-4-3-5-9-12/h3-11H,2H2,1H3,(H2,18,20). The average molecular weight is 264 g/mol. The summed E-state index contributed by atoms with van der Waals surface area (Å²) in [4.78, 5) is 11.9. The SMILES string of the molecule is CCn1c(-c2ccccc2)c(C(N)=O)c2ccccc21. The number of para-hydroxylation sites is 1. The van der Waals surface area contributed by atoms with Gasteiger partial charge in [0, 0.05) is 17.4 Å². The van der Waals surface area contributed by atoms with Gasteiger partial charge >= 0.3 is 0 Å². The average Bonchev–Trinajstić information content (AvgIpc) is 2.82. The summed E-state index contributed by atoms with van der Waals surface area (Å²) in [6.45, 7) is 2.86. The molecule has 3 heteroatoms. The first-order chi connectivity index (χ1) is 9.74. The second kappa shape index (κ2) is 4.85. The Balaban J connectivity index is 2.46. The number of hydrogen-bond acceptors (Lipinski definition) is 1. The van der Waals surface area contributed by atoms with Crippen LogP contribution < -0.4 is 5.73 Å². The molecule has 1 heterocycles. The lowest BCUT2D eigenvalue weighted by molar-refractivity contribution is 0.100. The molecule has 0 aliphatic rings. The van der Waals surface area contributed by atoms with Gasteiger partial charge in [0.1, 0.15) is 0 Å². The molecule has 0 spiro atoms. The summed E-state index contributed by atoms with van der Waals surface area (Å²) in [7, 11) is 0. The fourth-order valence-corrected chi connectivity index (χ4v) is 2.78. The van der Waals surface area contributed by atoms with Gasteiger partial charge in [-0.25, -0.2) is 0 Å². The molecule has 1 amide bonds. The normalized spacial score (nSPS) is 10.8. The second-order valence-corrected chi connectivity index (χ2v) is 4.72. The summed E-state index contributed by atoms with van der Waals surface area (Å²) >= 11 is 0. The summed E-state index contributed by atoms with van der Waals surface area (Å²) in [5, 5.41) is 0.917. The first-order valence-corrected chi connectivity index (χ1v) is 6.70. The highest BCUT2D eigenvalue weighted by molar-refractivity contribution is 6.12. The minimum atomic E-state index is -0.382. The molecule has 3 rings (SSSR count). The van der Waals surface area contributed by atoms with Crippen LogP contribution in [-0.2, 0) is 6.54 Å². The first kappa shape index (κ1) is 12.5. The van der Waals surface area contributed by atoms with E-state index >= 15 is 0 Å². The van der Waals surface area contributed by atoms with Gasteiger partial charge in [-0.2, -0.15) is 0 Å². The number of aryl methyl sites for hydroxylation is 1. The Labute approximate surface area is 117 Å². The van der Waals surface area contributed by atoms with Crippen LogP contribution in [0.5, 0.6) is 0 Å². The fraction of sp³-hybridized carbons (Fsp3) is 0.118. The van der Waals surface area contributed by atoms with E-state index in [1.807, 2.05) is 54.6 Å². The second-order valence-electron chi connectivity index (χ2n) is 4.72. The summed E-state index contributed by atoms with van der Waals surface area (Å²) < 4.78 is 2.14. The number of benzene rings is 2. The van der Waals surface area contributed by atoms with Gasteiger partial charge in [0.15, 0.2) is 0 Å². The number of aromatic nitrogens is 1. The lowest BCUT2D eigenvalue weighted by Crippen LogP contribution is -2.12. The Morgan fingerprint density at radius 2 is 1.70 bits per heavy atom. The molecule has 0 saturated heterocycles. The van der Waals surface area contributed by atoms with Crippen molar-refractivity contribution in [1.29, 1.82) is 0 Å². The maximum atomic E-state index is 11.9. The molecule has 2 N–H and O–H groups in total. The van der Waals surface area contributed by atoms with E-state index in [-0.39, 0.29) is 5.91 Å². The minimum Gasteiger partial charge on any atom is -0.366 e. The first-order valence-electron chi connectivity index (χ1n) is 6.70. The molecule has 0 unspecified atom stereocenters. The zero-order valence-corrected chi connectivity index (χ0v) is 11.3. The van der Waals surface area contributed by atoms with Crippen molar-refractivity contribution in [2.24, 2.45) is 5.73 Å². The quantitative estimate of drug-likeness (QED) is 0.774. The number of rotatable bonds is 3. The van der Waals surface area contributed by atoms with Crippen molar-refractivity contribution in [1.82, 2.24) is 4.57 Å². The molecule has 0 aliphatic heterocycles. The Hall–Kier alpha value is -2.55. The van der Waals surface area contributed by atoms with Crippen LogP contribution in [0, 0.1) is 0 Å². The monoisotopic (exact) mass is 264 g/mol. The predicted molar refractivity (Wildman–Crippen MR) is 81.6 cm³/mol. The third kappa shape index (κ3) is 1.79. The molecular formula is C17H16N2O. The van der Waals surface area contributed by atoms with E-state index in [1.165, 1.54) is 0 Å². The molecule has 0 saturated carbocycles. The van der Waals surface area contributed by atoms with Gasteiger partial charge in [0.25, 0.3) is 5.91 Å². The number of fused-ring (bicyclic) bond motifs is 1. The Morgan fingerprint density at radius 1 is 1.05 bits per heavy atom. The van der Waals surface area contributed by atoms with Crippen LogP contribution in [-0.4, -0.2) is 10.5 Å². The van der Waals surface area contributed by atoms with Gasteiger partial charge in [-0.15, -0.1) is 0 Å². The Kier molecular flexibility index (Phi) is 3.03. The molecule has 1 aromatic heterocycles. The van der Waals surface area contributed by atoms with Crippen LogP contribution in [0.3, 0.4) is 0 Å². The summed E-state index contributed by atoms with van der Waals surface area (Å²) in [6.07, 6.45) is 0. The predicted octanol–water partition coefficient (Wildman–Crippen LogP) is 3.43. The van der Waals surface area contributed by atoms with E-state index in [9.17, 15) is 4.79 Å². The molecule has 0 bridgehead atoms. The molecule has 0 aliphatic carbocycles. The smallest absolute Gasteiger partial charge is 0.251 e. The van der Waals surface area contributed by atoms with Crippen molar-refractivity contribution in [3.63, 3.8) is 0 Å². The summed E-state index contributed by atoms with van der Waals surface area (Å²) in [6, 6.07) is 17.8. The topological polar surface area (TPSA) is 48.0 Å². The largest absolute Gasteiger partial charge is 0.366 e. The van der Waals surface area contributed by atoms with Crippen LogP contribution in [0.4, 0.5) is 0 Å². The number of primary amides is 1. The number of carbonyl (C=O) groups excluding carboxylic acids is 1. The van der Waals surface area contributed by atoms with Gasteiger partial charge in [0.2, 0.25) is 0 Å². The van der Waals surface area contributed by atoms with Gasteiger partial charge in [0.05, 0.1) is 11.3 Å². The maximum absolute atomic E-state index is 11.9. The number of amides is 1. The molecular weight excluding hydrogens is 248 g/mol. The van der Waals surface area contributed by atoms with Crippen molar-refractivity contribution in [2.45, 2.75) is 13.5 Å². The molecule has 2 aromatic carbocycles. The van der Waals surface area contributed by atoms with E-state index in [0.29, 0.717) is 5.56 Å². The molecule has 3 aromatic rings. The van der Waals surface area contributed by atoms with E-state index < -0.39 is 0 Å². The summed E-state index contributed by atoms with van der Waals surface area (Å²) in [5.74, 6) is -0.382. The highest BCUT2D eigenvalue weighted by Crippen LogP contribution is 2.33. The van der Waals surface area contributed by atoms with Gasteiger partial charge < -0.3 is 10.3 Å². The molecule has 0 atom stereocenters. The van der Waals surface area contributed by atoms with Crippen molar-refractivity contribution in [3.05, 3.63) is 60.2 Å². The van der Waals surface area contributed by atoms with E-state index in [1.54, 1.807) is 0 Å². The van der Waals surface area contributed by atoms with Crippen LogP contribution in [0.25, 0.3) is 22.2 Å². The summed E-state index contributed by atoms with van der Waals surface area (Å²) in [5.41, 5.74) is 9.20. The maximum Gasteiger partial charge on any atom is 0.251 e. The van der Waals surface area contributed by atoms with Crippen LogP contribution >= 0.6 is 0 Å². The van der Waals surface area contributed by atoms with Crippen LogP contribution in [0.2, 0.25) is 0 Å². The van der Waals surface area contributed by atoms with Crippen molar-refractivity contribution in [3.8, 4) is 11.3 Å². The zero-order valence-electron chi connectivity index (χ0n) is 11.3. The van der Waals surface area contributed by atoms with Gasteiger partial charge in [-0.1, -0.05) is 48.5 Å².